The van der Waals surface area contributed by atoms with Crippen molar-refractivity contribution >= 4 is 16.8 Å². The predicted molar refractivity (Wildman–Crippen MR) is 151 cm³/mol. The van der Waals surface area contributed by atoms with Gasteiger partial charge in [0.25, 0.3) is 5.91 Å². The number of aryl methyl sites for hydroxylation is 1. The van der Waals surface area contributed by atoms with Crippen molar-refractivity contribution in [1.29, 1.82) is 0 Å². The number of aliphatic hydroxyl groups is 1. The number of carbonyl (C=O) groups excluding carboxylic acids is 1. The summed E-state index contributed by atoms with van der Waals surface area (Å²) in [7, 11) is 0. The summed E-state index contributed by atoms with van der Waals surface area (Å²) in [5, 5.41) is 29.1. The molecule has 3 N–H and O–H groups in total. The maximum Gasteiger partial charge on any atom is 0.255 e. The largest absolute Gasteiger partial charge is 0.507 e. The summed E-state index contributed by atoms with van der Waals surface area (Å²) in [6, 6.07) is 16.2. The van der Waals surface area contributed by atoms with Gasteiger partial charge in [0.2, 0.25) is 5.88 Å². The van der Waals surface area contributed by atoms with Crippen LogP contribution in [0.25, 0.3) is 10.9 Å². The lowest BCUT2D eigenvalue weighted by Gasteiger charge is -2.23. The van der Waals surface area contributed by atoms with Crippen molar-refractivity contribution in [3.05, 3.63) is 113 Å². The number of pyridine rings is 2. The topological polar surface area (TPSA) is 122 Å². The van der Waals surface area contributed by atoms with Crippen molar-refractivity contribution in [2.75, 3.05) is 6.54 Å². The van der Waals surface area contributed by atoms with E-state index >= 15 is 0 Å². The molecule has 0 saturated carbocycles. The van der Waals surface area contributed by atoms with Crippen molar-refractivity contribution in [1.82, 2.24) is 25.1 Å². The lowest BCUT2D eigenvalue weighted by atomic mass is 9.98. The number of hydrogen-bond acceptors (Lipinski definition) is 7. The highest BCUT2D eigenvalue weighted by Crippen LogP contribution is 2.23. The van der Waals surface area contributed by atoms with Gasteiger partial charge in [0.05, 0.1) is 28.9 Å². The molecule has 0 saturated heterocycles. The van der Waals surface area contributed by atoms with Gasteiger partial charge in [-0.15, -0.1) is 0 Å². The number of hydrogen-bond donors (Lipinski definition) is 3. The molecule has 0 aliphatic carbocycles. The maximum absolute atomic E-state index is 13.1. The van der Waals surface area contributed by atoms with E-state index in [0.717, 1.165) is 27.6 Å². The first-order valence-electron chi connectivity index (χ1n) is 13.1. The molecule has 1 atom stereocenters. The highest BCUT2D eigenvalue weighted by molar-refractivity contribution is 5.96. The SMILES string of the molecule is Cc1cc(Cn2cc3c(CC(C)(O)CNC(=O)c4ccccc4O)nccc3n2)cnc1OCc1ccc(F)cc1. The van der Waals surface area contributed by atoms with E-state index < -0.39 is 11.5 Å². The molecule has 0 spiro atoms. The van der Waals surface area contributed by atoms with E-state index in [2.05, 4.69) is 20.4 Å². The molecule has 41 heavy (non-hydrogen) atoms. The molecule has 0 radical (unpaired) electrons. The number of rotatable bonds is 10. The van der Waals surface area contributed by atoms with Crippen molar-refractivity contribution in [3.63, 3.8) is 0 Å². The zero-order valence-electron chi connectivity index (χ0n) is 22.7. The first-order chi connectivity index (χ1) is 19.7. The number of amides is 1. The Hall–Kier alpha value is -4.83. The molecular weight excluding hydrogens is 525 g/mol. The average molecular weight is 556 g/mol. The molecule has 5 rings (SSSR count). The van der Waals surface area contributed by atoms with Crippen LogP contribution in [-0.2, 0) is 19.6 Å². The van der Waals surface area contributed by atoms with Gasteiger partial charge in [-0.2, -0.15) is 5.10 Å². The minimum atomic E-state index is -1.30. The van der Waals surface area contributed by atoms with Crippen LogP contribution in [0.5, 0.6) is 11.6 Å². The summed E-state index contributed by atoms with van der Waals surface area (Å²) >= 11 is 0. The summed E-state index contributed by atoms with van der Waals surface area (Å²) in [5.41, 5.74) is 2.86. The van der Waals surface area contributed by atoms with E-state index in [1.54, 1.807) is 54.3 Å². The molecule has 0 aliphatic heterocycles. The molecule has 210 valence electrons. The fourth-order valence-electron chi connectivity index (χ4n) is 4.50. The molecule has 0 fully saturated rings. The van der Waals surface area contributed by atoms with Gasteiger partial charge in [-0.25, -0.2) is 9.37 Å². The van der Waals surface area contributed by atoms with E-state index in [-0.39, 0.29) is 36.7 Å². The van der Waals surface area contributed by atoms with Gasteiger partial charge < -0.3 is 20.3 Å². The third-order valence-electron chi connectivity index (χ3n) is 6.61. The third kappa shape index (κ3) is 6.85. The molecule has 3 heterocycles. The Morgan fingerprint density at radius 2 is 1.88 bits per heavy atom. The Kier molecular flexibility index (Phi) is 7.93. The molecule has 9 nitrogen and oxygen atoms in total. The standard InChI is InChI=1S/C31H30FN5O4/c1-20-13-22(15-34-30(20)41-18-21-7-9-23(32)10-8-21)16-37-17-25-26(36-37)11-12-33-27(25)14-31(2,40)19-35-29(39)24-5-3-4-6-28(24)38/h3-13,15,17,38,40H,14,16,18-19H2,1-2H3,(H,35,39). The highest BCUT2D eigenvalue weighted by atomic mass is 19.1. The third-order valence-corrected chi connectivity index (χ3v) is 6.61. The molecule has 10 heteroatoms. The van der Waals surface area contributed by atoms with Gasteiger partial charge in [-0.3, -0.25) is 14.5 Å². The van der Waals surface area contributed by atoms with Gasteiger partial charge in [0.15, 0.2) is 0 Å². The number of carbonyl (C=O) groups is 1. The molecule has 0 bridgehead atoms. The van der Waals surface area contributed by atoms with Gasteiger partial charge in [0.1, 0.15) is 18.2 Å². The number of aromatic nitrogens is 4. The first-order valence-corrected chi connectivity index (χ1v) is 13.1. The van der Waals surface area contributed by atoms with Crippen LogP contribution in [-0.4, -0.2) is 48.0 Å². The number of halogens is 1. The number of nitrogens with zero attached hydrogens (tertiary/aromatic N) is 4. The second-order valence-electron chi connectivity index (χ2n) is 10.3. The van der Waals surface area contributed by atoms with Crippen LogP contribution in [0.15, 0.2) is 79.3 Å². The second-order valence-corrected chi connectivity index (χ2v) is 10.3. The number of ether oxygens (including phenoxy) is 1. The van der Waals surface area contributed by atoms with Crippen LogP contribution < -0.4 is 10.1 Å². The van der Waals surface area contributed by atoms with E-state index in [1.165, 1.54) is 24.3 Å². The second kappa shape index (κ2) is 11.7. The Balaban J connectivity index is 1.24. The van der Waals surface area contributed by atoms with E-state index in [4.69, 9.17) is 4.74 Å². The number of phenolic OH excluding ortho intramolecular Hbond substituents is 1. The van der Waals surface area contributed by atoms with Crippen LogP contribution in [0, 0.1) is 12.7 Å². The van der Waals surface area contributed by atoms with Crippen LogP contribution in [0.4, 0.5) is 4.39 Å². The monoisotopic (exact) mass is 555 g/mol. The number of nitrogens with one attached hydrogen (secondary N) is 1. The summed E-state index contributed by atoms with van der Waals surface area (Å²) in [5.74, 6) is -0.382. The quantitative estimate of drug-likeness (QED) is 0.234. The Bertz CT molecular complexity index is 1680. The Labute approximate surface area is 236 Å². The number of aromatic hydroxyl groups is 1. The van der Waals surface area contributed by atoms with Gasteiger partial charge >= 0.3 is 0 Å². The van der Waals surface area contributed by atoms with Crippen molar-refractivity contribution in [3.8, 4) is 11.6 Å². The molecule has 1 amide bonds. The maximum atomic E-state index is 13.1. The summed E-state index contributed by atoms with van der Waals surface area (Å²) < 4.78 is 20.7. The van der Waals surface area contributed by atoms with Crippen LogP contribution in [0.2, 0.25) is 0 Å². The fraction of sp³-hybridized carbons (Fsp3) is 0.226. The van der Waals surface area contributed by atoms with E-state index in [1.807, 2.05) is 19.2 Å². The number of para-hydroxylation sites is 1. The highest BCUT2D eigenvalue weighted by Gasteiger charge is 2.25. The normalized spacial score (nSPS) is 12.7. The van der Waals surface area contributed by atoms with Crippen molar-refractivity contribution < 1.29 is 24.1 Å². The van der Waals surface area contributed by atoms with E-state index in [9.17, 15) is 19.4 Å². The Morgan fingerprint density at radius 1 is 1.10 bits per heavy atom. The predicted octanol–water partition coefficient (Wildman–Crippen LogP) is 4.33. The first kappa shape index (κ1) is 27.7. The van der Waals surface area contributed by atoms with Crippen molar-refractivity contribution in [2.45, 2.75) is 39.0 Å². The average Bonchev–Trinajstić information content (AvgIpc) is 3.36. The summed E-state index contributed by atoms with van der Waals surface area (Å²) in [4.78, 5) is 21.4. The minimum Gasteiger partial charge on any atom is -0.507 e. The van der Waals surface area contributed by atoms with Gasteiger partial charge in [-0.1, -0.05) is 24.3 Å². The zero-order chi connectivity index (χ0) is 29.0. The molecule has 2 aromatic carbocycles. The molecule has 5 aromatic rings. The van der Waals surface area contributed by atoms with Crippen LogP contribution in [0.1, 0.15) is 39.7 Å². The Morgan fingerprint density at radius 3 is 2.63 bits per heavy atom. The molecule has 0 aliphatic rings. The van der Waals surface area contributed by atoms with E-state index in [0.29, 0.717) is 18.1 Å². The fourth-order valence-corrected chi connectivity index (χ4v) is 4.50. The minimum absolute atomic E-state index is 0.0348. The molecular formula is C31H30FN5O4. The number of fused-ring (bicyclic) bond motifs is 1. The number of benzene rings is 2. The zero-order valence-corrected chi connectivity index (χ0v) is 22.7. The molecule has 3 aromatic heterocycles. The van der Waals surface area contributed by atoms with Crippen LogP contribution >= 0.6 is 0 Å². The lowest BCUT2D eigenvalue weighted by molar-refractivity contribution is 0.0547. The van der Waals surface area contributed by atoms with Gasteiger partial charge in [0, 0.05) is 42.5 Å². The lowest BCUT2D eigenvalue weighted by Crippen LogP contribution is -2.42. The summed E-state index contributed by atoms with van der Waals surface area (Å²) in [6.45, 7) is 4.26. The van der Waals surface area contributed by atoms with Crippen molar-refractivity contribution in [2.24, 2.45) is 0 Å². The van der Waals surface area contributed by atoms with Crippen LogP contribution in [0.3, 0.4) is 0 Å². The van der Waals surface area contributed by atoms with Gasteiger partial charge in [-0.05, 0) is 61.4 Å². The smallest absolute Gasteiger partial charge is 0.255 e. The molecule has 1 unspecified atom stereocenters. The number of phenols is 1. The summed E-state index contributed by atoms with van der Waals surface area (Å²) in [6.07, 6.45) is 5.43.